The highest BCUT2D eigenvalue weighted by molar-refractivity contribution is 8.93. The van der Waals surface area contributed by atoms with Gasteiger partial charge in [0.25, 0.3) is 0 Å². The SMILES string of the molecule is Br.CCCCCCCCCCCCCCC(CCCCCCCCCCCCCC)(CCCCCCCCCCCCCC)CCCOC(=O)CCCCCCP. The zero-order chi connectivity index (χ0) is 40.7. The van der Waals surface area contributed by atoms with E-state index in [-0.39, 0.29) is 23.0 Å². The molecule has 0 aliphatic rings. The Morgan fingerprint density at radius 3 is 0.895 bits per heavy atom. The number of unbranched alkanes of at least 4 members (excludes halogenated alkanes) is 36. The van der Waals surface area contributed by atoms with Crippen molar-refractivity contribution in [1.82, 2.24) is 0 Å². The van der Waals surface area contributed by atoms with Gasteiger partial charge in [0, 0.05) is 6.42 Å². The molecule has 0 aliphatic carbocycles. The van der Waals surface area contributed by atoms with Gasteiger partial charge in [0.1, 0.15) is 0 Å². The number of carbonyl (C=O) groups is 1. The summed E-state index contributed by atoms with van der Waals surface area (Å²) in [5.74, 6) is 0.0457. The normalized spacial score (nSPS) is 11.6. The lowest BCUT2D eigenvalue weighted by Gasteiger charge is -2.35. The van der Waals surface area contributed by atoms with E-state index in [1.165, 1.54) is 276 Å². The molecule has 0 aromatic rings. The van der Waals surface area contributed by atoms with Gasteiger partial charge in [-0.1, -0.05) is 265 Å². The molecule has 344 valence electrons. The number of carbonyl (C=O) groups excluding carboxylic acids is 1. The van der Waals surface area contributed by atoms with Crippen molar-refractivity contribution >= 4 is 32.2 Å². The highest BCUT2D eigenvalue weighted by Gasteiger charge is 2.28. The van der Waals surface area contributed by atoms with Crippen LogP contribution in [0.25, 0.3) is 0 Å². The average Bonchev–Trinajstić information content (AvgIpc) is 3.20. The molecule has 57 heavy (non-hydrogen) atoms. The van der Waals surface area contributed by atoms with Crippen LogP contribution in [-0.4, -0.2) is 18.7 Å². The van der Waals surface area contributed by atoms with E-state index in [1.807, 2.05) is 0 Å². The molecule has 1 unspecified atom stereocenters. The number of halogens is 1. The van der Waals surface area contributed by atoms with E-state index in [9.17, 15) is 4.79 Å². The fraction of sp³-hybridized carbons (Fsp3) is 0.981. The molecule has 0 N–H and O–H groups in total. The van der Waals surface area contributed by atoms with E-state index in [4.69, 9.17) is 4.74 Å². The molecule has 0 amide bonds. The monoisotopic (exact) mass is 887 g/mol. The molecule has 2 nitrogen and oxygen atoms in total. The van der Waals surface area contributed by atoms with Crippen molar-refractivity contribution in [3.63, 3.8) is 0 Å². The molecule has 0 fully saturated rings. The third-order valence-corrected chi connectivity index (χ3v) is 13.5. The number of ether oxygens (including phenoxy) is 1. The van der Waals surface area contributed by atoms with Crippen LogP contribution in [0.4, 0.5) is 0 Å². The summed E-state index contributed by atoms with van der Waals surface area (Å²) in [6.45, 7) is 7.59. The largest absolute Gasteiger partial charge is 0.466 e. The summed E-state index contributed by atoms with van der Waals surface area (Å²) in [7, 11) is 2.82. The number of esters is 1. The van der Waals surface area contributed by atoms with Gasteiger partial charge in [-0.05, 0) is 56.5 Å². The molecule has 0 saturated heterocycles. The van der Waals surface area contributed by atoms with Crippen molar-refractivity contribution in [2.24, 2.45) is 5.41 Å². The van der Waals surface area contributed by atoms with Gasteiger partial charge in [0.15, 0.2) is 0 Å². The Balaban J connectivity index is 0. The Kier molecular flexibility index (Phi) is 52.9. The summed E-state index contributed by atoms with van der Waals surface area (Å²) in [5, 5.41) is 0. The Bertz CT molecular complexity index is 675. The van der Waals surface area contributed by atoms with Crippen LogP contribution in [0.1, 0.15) is 316 Å². The average molecular weight is 888 g/mol. The van der Waals surface area contributed by atoms with Crippen LogP contribution in [0, 0.1) is 5.41 Å². The first-order valence-corrected chi connectivity index (χ1v) is 27.3. The molecule has 0 aromatic heterocycles. The van der Waals surface area contributed by atoms with Crippen LogP contribution in [0.15, 0.2) is 0 Å². The number of hydrogen-bond acceptors (Lipinski definition) is 2. The molecule has 1 atom stereocenters. The van der Waals surface area contributed by atoms with Crippen molar-refractivity contribution in [3.8, 4) is 0 Å². The Morgan fingerprint density at radius 2 is 0.596 bits per heavy atom. The highest BCUT2D eigenvalue weighted by atomic mass is 79.9. The molecule has 0 aliphatic heterocycles. The zero-order valence-corrected chi connectivity index (χ0v) is 42.6. The molecule has 0 saturated carbocycles. The van der Waals surface area contributed by atoms with Crippen LogP contribution in [0.5, 0.6) is 0 Å². The molecular weight excluding hydrogens is 779 g/mol. The van der Waals surface area contributed by atoms with Gasteiger partial charge >= 0.3 is 5.97 Å². The van der Waals surface area contributed by atoms with E-state index in [0.29, 0.717) is 18.4 Å². The molecule has 0 heterocycles. The van der Waals surface area contributed by atoms with Crippen molar-refractivity contribution in [3.05, 3.63) is 0 Å². The second kappa shape index (κ2) is 50.7. The number of rotatable bonds is 49. The van der Waals surface area contributed by atoms with Crippen LogP contribution < -0.4 is 0 Å². The lowest BCUT2D eigenvalue weighted by molar-refractivity contribution is -0.144. The third-order valence-electron chi connectivity index (χ3n) is 13.1. The third kappa shape index (κ3) is 45.7. The smallest absolute Gasteiger partial charge is 0.305 e. The standard InChI is InChI=1S/C53H107O2P.BrH/c1-4-7-10-13-16-19-22-25-28-31-35-40-46-53(49-44-50-55-52(54)45-39-34-38-43-51-56,47-41-36-32-29-26-23-20-17-14-11-8-5-2)48-42-37-33-30-27-24-21-18-15-12-9-6-3;/h4-51,56H2,1-3H3;1H. The lowest BCUT2D eigenvalue weighted by Crippen LogP contribution is -2.22. The van der Waals surface area contributed by atoms with Crippen LogP contribution in [-0.2, 0) is 9.53 Å². The highest BCUT2D eigenvalue weighted by Crippen LogP contribution is 2.42. The predicted molar refractivity (Wildman–Crippen MR) is 268 cm³/mol. The maximum absolute atomic E-state index is 12.6. The van der Waals surface area contributed by atoms with Gasteiger partial charge in [0.05, 0.1) is 6.61 Å². The summed E-state index contributed by atoms with van der Waals surface area (Å²) in [5.41, 5.74) is 0.458. The quantitative estimate of drug-likeness (QED) is 0.0346. The van der Waals surface area contributed by atoms with Crippen molar-refractivity contribution < 1.29 is 9.53 Å². The first-order valence-electron chi connectivity index (χ1n) is 26.5. The Labute approximate surface area is 374 Å². The minimum Gasteiger partial charge on any atom is -0.466 e. The van der Waals surface area contributed by atoms with Gasteiger partial charge in [-0.15, -0.1) is 26.2 Å². The summed E-state index contributed by atoms with van der Waals surface area (Å²) in [6.07, 6.45) is 64.4. The molecule has 4 heteroatoms. The van der Waals surface area contributed by atoms with Crippen LogP contribution in [0.2, 0.25) is 0 Å². The summed E-state index contributed by atoms with van der Waals surface area (Å²) in [6, 6.07) is 0. The topological polar surface area (TPSA) is 26.3 Å². The second-order valence-corrected chi connectivity index (χ2v) is 19.3. The van der Waals surface area contributed by atoms with Crippen molar-refractivity contribution in [2.45, 2.75) is 316 Å². The minimum absolute atomic E-state index is 0. The molecule has 0 spiro atoms. The predicted octanol–water partition coefficient (Wildman–Crippen LogP) is 20.0. The van der Waals surface area contributed by atoms with Gasteiger partial charge < -0.3 is 4.74 Å². The maximum Gasteiger partial charge on any atom is 0.305 e. The Hall–Kier alpha value is 0.380. The zero-order valence-electron chi connectivity index (χ0n) is 39.7. The van der Waals surface area contributed by atoms with Gasteiger partial charge in [-0.3, -0.25) is 4.79 Å². The fourth-order valence-corrected chi connectivity index (χ4v) is 9.53. The first kappa shape index (κ1) is 59.5. The van der Waals surface area contributed by atoms with Crippen LogP contribution in [0.3, 0.4) is 0 Å². The molecule has 0 radical (unpaired) electrons. The van der Waals surface area contributed by atoms with Crippen molar-refractivity contribution in [2.75, 3.05) is 12.8 Å². The summed E-state index contributed by atoms with van der Waals surface area (Å²) < 4.78 is 5.85. The maximum atomic E-state index is 12.6. The van der Waals surface area contributed by atoms with Gasteiger partial charge in [0.2, 0.25) is 0 Å². The van der Waals surface area contributed by atoms with E-state index in [0.717, 1.165) is 19.3 Å². The number of hydrogen-bond donors (Lipinski definition) is 0. The molecule has 0 bridgehead atoms. The molecule has 0 rings (SSSR count). The van der Waals surface area contributed by atoms with Crippen molar-refractivity contribution in [1.29, 1.82) is 0 Å². The summed E-state index contributed by atoms with van der Waals surface area (Å²) in [4.78, 5) is 12.6. The van der Waals surface area contributed by atoms with Gasteiger partial charge in [-0.25, -0.2) is 0 Å². The Morgan fingerprint density at radius 1 is 0.351 bits per heavy atom. The van der Waals surface area contributed by atoms with E-state index < -0.39 is 0 Å². The van der Waals surface area contributed by atoms with E-state index in [1.54, 1.807) is 0 Å². The molecular formula is C53H108BrO2P. The van der Waals surface area contributed by atoms with Gasteiger partial charge in [-0.2, -0.15) is 0 Å². The van der Waals surface area contributed by atoms with Crippen LogP contribution >= 0.6 is 26.2 Å². The second-order valence-electron chi connectivity index (χ2n) is 18.7. The first-order chi connectivity index (χ1) is 27.6. The minimum atomic E-state index is 0. The summed E-state index contributed by atoms with van der Waals surface area (Å²) >= 11 is 0. The van der Waals surface area contributed by atoms with E-state index in [2.05, 4.69) is 30.0 Å². The molecule has 0 aromatic carbocycles. The van der Waals surface area contributed by atoms with E-state index >= 15 is 0 Å². The fourth-order valence-electron chi connectivity index (χ4n) is 9.25. The lowest BCUT2D eigenvalue weighted by atomic mass is 9.71.